The highest BCUT2D eigenvalue weighted by Gasteiger charge is 2.25. The van der Waals surface area contributed by atoms with Crippen LogP contribution in [-0.2, 0) is 14.6 Å². The second-order valence-corrected chi connectivity index (χ2v) is 7.12. The molecule has 6 nitrogen and oxygen atoms in total. The smallest absolute Gasteiger partial charge is 0.340 e. The molecular formula is C13H18N2O4S. The lowest BCUT2D eigenvalue weighted by Crippen LogP contribution is -2.35. The Morgan fingerprint density at radius 3 is 2.85 bits per heavy atom. The van der Waals surface area contributed by atoms with Gasteiger partial charge in [-0.25, -0.2) is 13.2 Å². The maximum Gasteiger partial charge on any atom is 0.340 e. The molecule has 0 aromatic heterocycles. The average Bonchev–Trinajstić information content (AvgIpc) is 2.39. The van der Waals surface area contributed by atoms with Crippen LogP contribution in [0, 0.1) is 0 Å². The molecule has 0 saturated carbocycles. The number of carbonyl (C=O) groups excluding carboxylic acids is 1. The van der Waals surface area contributed by atoms with Crippen molar-refractivity contribution in [1.29, 1.82) is 0 Å². The predicted octanol–water partition coefficient (Wildman–Crippen LogP) is 1.04. The summed E-state index contributed by atoms with van der Waals surface area (Å²) in [5.74, 6) is -0.187. The molecule has 2 rings (SSSR count). The van der Waals surface area contributed by atoms with Crippen molar-refractivity contribution < 1.29 is 17.9 Å². The Morgan fingerprint density at radius 1 is 1.45 bits per heavy atom. The van der Waals surface area contributed by atoms with Gasteiger partial charge in [-0.2, -0.15) is 0 Å². The van der Waals surface area contributed by atoms with Crippen molar-refractivity contribution in [2.75, 3.05) is 29.7 Å². The third kappa shape index (κ3) is 3.41. The highest BCUT2D eigenvalue weighted by atomic mass is 32.2. The van der Waals surface area contributed by atoms with E-state index >= 15 is 0 Å². The topological polar surface area (TPSA) is 98.5 Å². The van der Waals surface area contributed by atoms with E-state index in [1.807, 2.05) is 0 Å². The highest BCUT2D eigenvalue weighted by molar-refractivity contribution is 7.91. The maximum absolute atomic E-state index is 11.7. The van der Waals surface area contributed by atoms with Crippen LogP contribution in [0.2, 0.25) is 0 Å². The Morgan fingerprint density at radius 2 is 2.20 bits per heavy atom. The van der Waals surface area contributed by atoms with Crippen molar-refractivity contribution in [3.05, 3.63) is 23.8 Å². The Balaban J connectivity index is 2.23. The summed E-state index contributed by atoms with van der Waals surface area (Å²) in [4.78, 5) is 11.7. The lowest BCUT2D eigenvalue weighted by atomic mass is 10.1. The van der Waals surface area contributed by atoms with Gasteiger partial charge in [-0.1, -0.05) is 0 Å². The molecule has 1 heterocycles. The van der Waals surface area contributed by atoms with Crippen LogP contribution in [0.3, 0.4) is 0 Å². The number of nitrogens with two attached hydrogens (primary N) is 1. The van der Waals surface area contributed by atoms with Crippen LogP contribution in [0.4, 0.5) is 11.4 Å². The highest BCUT2D eigenvalue weighted by Crippen LogP contribution is 2.23. The van der Waals surface area contributed by atoms with Crippen LogP contribution in [0.1, 0.15) is 23.2 Å². The summed E-state index contributed by atoms with van der Waals surface area (Å²) in [6.45, 7) is 0. The first-order valence-corrected chi connectivity index (χ1v) is 8.18. The zero-order valence-corrected chi connectivity index (χ0v) is 12.1. The zero-order chi connectivity index (χ0) is 14.8. The van der Waals surface area contributed by atoms with E-state index in [2.05, 4.69) is 5.32 Å². The Bertz CT molecular complexity index is 613. The summed E-state index contributed by atoms with van der Waals surface area (Å²) in [5.41, 5.74) is 6.98. The first-order chi connectivity index (χ1) is 9.41. The fourth-order valence-electron chi connectivity index (χ4n) is 2.32. The number of benzene rings is 1. The monoisotopic (exact) mass is 298 g/mol. The summed E-state index contributed by atoms with van der Waals surface area (Å²) < 4.78 is 28.0. The number of methoxy groups -OCH3 is 1. The van der Waals surface area contributed by atoms with Gasteiger partial charge < -0.3 is 15.8 Å². The van der Waals surface area contributed by atoms with E-state index in [0.717, 1.165) is 6.42 Å². The molecule has 110 valence electrons. The molecule has 1 atom stereocenters. The minimum absolute atomic E-state index is 0.0813. The molecule has 1 aromatic carbocycles. The van der Waals surface area contributed by atoms with Gasteiger partial charge in [-0.3, -0.25) is 0 Å². The molecule has 1 saturated heterocycles. The number of hydrogen-bond acceptors (Lipinski definition) is 6. The van der Waals surface area contributed by atoms with Gasteiger partial charge in [0, 0.05) is 17.4 Å². The Hall–Kier alpha value is -1.76. The third-order valence-corrected chi connectivity index (χ3v) is 5.09. The number of anilines is 2. The number of nitrogen functional groups attached to an aromatic ring is 1. The minimum Gasteiger partial charge on any atom is -0.465 e. The molecule has 1 aromatic rings. The molecule has 0 amide bonds. The number of ether oxygens (including phenoxy) is 1. The van der Waals surface area contributed by atoms with Crippen LogP contribution in [0.15, 0.2) is 18.2 Å². The van der Waals surface area contributed by atoms with Gasteiger partial charge in [-0.15, -0.1) is 0 Å². The molecule has 1 aliphatic rings. The normalized spacial score (nSPS) is 21.1. The lowest BCUT2D eigenvalue weighted by molar-refractivity contribution is 0.0602. The number of carbonyl (C=O) groups is 1. The minimum atomic E-state index is -3.00. The second kappa shape index (κ2) is 5.70. The van der Waals surface area contributed by atoms with Crippen LogP contribution < -0.4 is 11.1 Å². The summed E-state index contributed by atoms with van der Waals surface area (Å²) in [7, 11) is -1.71. The van der Waals surface area contributed by atoms with Crippen molar-refractivity contribution in [2.45, 2.75) is 18.9 Å². The van der Waals surface area contributed by atoms with Crippen molar-refractivity contribution in [3.63, 3.8) is 0 Å². The van der Waals surface area contributed by atoms with E-state index in [0.29, 0.717) is 23.4 Å². The van der Waals surface area contributed by atoms with Crippen molar-refractivity contribution >= 4 is 27.2 Å². The summed E-state index contributed by atoms with van der Waals surface area (Å²) in [5, 5.41) is 3.11. The van der Waals surface area contributed by atoms with Crippen molar-refractivity contribution in [1.82, 2.24) is 0 Å². The van der Waals surface area contributed by atoms with Crippen LogP contribution in [0.5, 0.6) is 0 Å². The first kappa shape index (κ1) is 14.6. The van der Waals surface area contributed by atoms with Gasteiger partial charge in [0.15, 0.2) is 9.84 Å². The van der Waals surface area contributed by atoms with E-state index in [9.17, 15) is 13.2 Å². The number of hydrogen-bond donors (Lipinski definition) is 2. The number of nitrogens with one attached hydrogen (secondary N) is 1. The third-order valence-electron chi connectivity index (χ3n) is 3.27. The summed E-state index contributed by atoms with van der Waals surface area (Å²) >= 11 is 0. The van der Waals surface area contributed by atoms with Gasteiger partial charge in [0.05, 0.1) is 24.2 Å². The van der Waals surface area contributed by atoms with Gasteiger partial charge in [0.2, 0.25) is 0 Å². The molecule has 0 aliphatic carbocycles. The largest absolute Gasteiger partial charge is 0.465 e. The van der Waals surface area contributed by atoms with Gasteiger partial charge >= 0.3 is 5.97 Å². The standard InChI is InChI=1S/C13H18N2O4S/c1-19-13(16)11-7-9(14)4-5-12(11)15-10-3-2-6-20(17,18)8-10/h4-5,7,10,15H,2-3,6,8,14H2,1H3. The zero-order valence-electron chi connectivity index (χ0n) is 11.3. The molecule has 0 spiro atoms. The summed E-state index contributed by atoms with van der Waals surface area (Å²) in [6.07, 6.45) is 1.38. The second-order valence-electron chi connectivity index (χ2n) is 4.89. The number of sulfone groups is 1. The van der Waals surface area contributed by atoms with E-state index < -0.39 is 15.8 Å². The van der Waals surface area contributed by atoms with Crippen LogP contribution in [0.25, 0.3) is 0 Å². The summed E-state index contributed by atoms with van der Waals surface area (Å²) in [6, 6.07) is 4.65. The van der Waals surface area contributed by atoms with E-state index in [1.165, 1.54) is 13.2 Å². The number of rotatable bonds is 3. The Kier molecular flexibility index (Phi) is 4.17. The fraction of sp³-hybridized carbons (Fsp3) is 0.462. The quantitative estimate of drug-likeness (QED) is 0.639. The van der Waals surface area contributed by atoms with Gasteiger partial charge in [0.1, 0.15) is 0 Å². The molecule has 20 heavy (non-hydrogen) atoms. The van der Waals surface area contributed by atoms with Crippen LogP contribution in [-0.4, -0.2) is 39.0 Å². The average molecular weight is 298 g/mol. The first-order valence-electron chi connectivity index (χ1n) is 6.36. The number of esters is 1. The molecular weight excluding hydrogens is 280 g/mol. The fourth-order valence-corrected chi connectivity index (χ4v) is 3.96. The van der Waals surface area contributed by atoms with Gasteiger partial charge in [-0.05, 0) is 31.0 Å². The molecule has 3 N–H and O–H groups in total. The molecule has 0 bridgehead atoms. The molecule has 1 unspecified atom stereocenters. The van der Waals surface area contributed by atoms with E-state index in [-0.39, 0.29) is 17.5 Å². The van der Waals surface area contributed by atoms with Crippen molar-refractivity contribution in [2.24, 2.45) is 0 Å². The molecule has 7 heteroatoms. The van der Waals surface area contributed by atoms with E-state index in [1.54, 1.807) is 12.1 Å². The molecule has 0 radical (unpaired) electrons. The lowest BCUT2D eigenvalue weighted by Gasteiger charge is -2.25. The molecule has 1 aliphatic heterocycles. The predicted molar refractivity (Wildman–Crippen MR) is 77.5 cm³/mol. The SMILES string of the molecule is COC(=O)c1cc(N)ccc1NC1CCCS(=O)(=O)C1. The van der Waals surface area contributed by atoms with Gasteiger partial charge in [0.25, 0.3) is 0 Å². The van der Waals surface area contributed by atoms with Crippen molar-refractivity contribution in [3.8, 4) is 0 Å². The van der Waals surface area contributed by atoms with E-state index in [4.69, 9.17) is 10.5 Å². The Labute approximate surface area is 118 Å². The maximum atomic E-state index is 11.7. The van der Waals surface area contributed by atoms with Crippen LogP contribution >= 0.6 is 0 Å². The molecule has 1 fully saturated rings.